The van der Waals surface area contributed by atoms with Crippen molar-refractivity contribution < 1.29 is 17.9 Å². The van der Waals surface area contributed by atoms with Crippen molar-refractivity contribution in [2.45, 2.75) is 64.2 Å². The summed E-state index contributed by atoms with van der Waals surface area (Å²) in [5, 5.41) is 7.31. The van der Waals surface area contributed by atoms with E-state index in [1.54, 1.807) is 22.9 Å². The Hall–Kier alpha value is -2.23. The summed E-state index contributed by atoms with van der Waals surface area (Å²) in [5.74, 6) is 0.176. The number of hydrogen-bond donors (Lipinski definition) is 1. The number of benzene rings is 1. The topological polar surface area (TPSA) is 93.5 Å². The number of nitrogens with one attached hydrogen (secondary N) is 1. The number of nitrogens with zero attached hydrogens (tertiary/aromatic N) is 3. The Balaban J connectivity index is 1.86. The first-order chi connectivity index (χ1) is 13.9. The Morgan fingerprint density at radius 3 is 2.40 bits per heavy atom. The largest absolute Gasteiger partial charge is 0.373 e. The van der Waals surface area contributed by atoms with E-state index in [2.05, 4.69) is 10.4 Å². The van der Waals surface area contributed by atoms with E-state index >= 15 is 0 Å². The van der Waals surface area contributed by atoms with Gasteiger partial charge in [0.1, 0.15) is 5.82 Å². The maximum atomic E-state index is 13.1. The Kier molecular flexibility index (Phi) is 6.08. The number of sulfonamides is 1. The quantitative estimate of drug-likeness (QED) is 0.798. The SMILES string of the molecule is Cc1cc(NC(=O)c2cccc(S(=O)(=O)N3CC(C)OC(C)C3)c2)n(C(C)(C)C)n1. The molecule has 1 saturated heterocycles. The van der Waals surface area contributed by atoms with Gasteiger partial charge < -0.3 is 10.1 Å². The molecule has 0 aliphatic carbocycles. The van der Waals surface area contributed by atoms with Gasteiger partial charge in [-0.1, -0.05) is 6.07 Å². The first kappa shape index (κ1) is 22.5. The second kappa shape index (κ2) is 8.13. The molecule has 1 fully saturated rings. The maximum Gasteiger partial charge on any atom is 0.256 e. The third-order valence-electron chi connectivity index (χ3n) is 4.83. The zero-order valence-electron chi connectivity index (χ0n) is 18.3. The van der Waals surface area contributed by atoms with Crippen molar-refractivity contribution in [3.63, 3.8) is 0 Å². The molecular formula is C21H30N4O4S. The molecule has 9 heteroatoms. The summed E-state index contributed by atoms with van der Waals surface area (Å²) in [6.45, 7) is 12.1. The van der Waals surface area contributed by atoms with Gasteiger partial charge in [0, 0.05) is 24.7 Å². The van der Waals surface area contributed by atoms with Gasteiger partial charge in [0.15, 0.2) is 0 Å². The molecule has 1 aliphatic rings. The van der Waals surface area contributed by atoms with Gasteiger partial charge >= 0.3 is 0 Å². The number of anilines is 1. The van der Waals surface area contributed by atoms with Crippen LogP contribution in [0.4, 0.5) is 5.82 Å². The number of ether oxygens (including phenoxy) is 1. The monoisotopic (exact) mass is 434 g/mol. The second-order valence-electron chi connectivity index (χ2n) is 8.81. The van der Waals surface area contributed by atoms with Crippen molar-refractivity contribution >= 4 is 21.7 Å². The molecule has 2 aromatic rings. The predicted molar refractivity (Wildman–Crippen MR) is 115 cm³/mol. The molecule has 2 unspecified atom stereocenters. The van der Waals surface area contributed by atoms with E-state index in [1.165, 1.54) is 16.4 Å². The molecule has 164 valence electrons. The number of carbonyl (C=O) groups is 1. The number of rotatable bonds is 4. The molecule has 1 aliphatic heterocycles. The van der Waals surface area contributed by atoms with E-state index in [9.17, 15) is 13.2 Å². The molecule has 8 nitrogen and oxygen atoms in total. The van der Waals surface area contributed by atoms with Gasteiger partial charge in [-0.15, -0.1) is 0 Å². The van der Waals surface area contributed by atoms with Crippen LogP contribution in [0.15, 0.2) is 35.2 Å². The highest BCUT2D eigenvalue weighted by molar-refractivity contribution is 7.89. The Morgan fingerprint density at radius 1 is 1.17 bits per heavy atom. The van der Waals surface area contributed by atoms with E-state index in [-0.39, 0.29) is 47.2 Å². The number of aryl methyl sites for hydroxylation is 1. The minimum Gasteiger partial charge on any atom is -0.373 e. The summed E-state index contributed by atoms with van der Waals surface area (Å²) in [4.78, 5) is 13.0. The van der Waals surface area contributed by atoms with Crippen LogP contribution in [0.3, 0.4) is 0 Å². The zero-order valence-corrected chi connectivity index (χ0v) is 19.2. The fraction of sp³-hybridized carbons (Fsp3) is 0.524. The van der Waals surface area contributed by atoms with E-state index in [0.29, 0.717) is 5.82 Å². The molecular weight excluding hydrogens is 404 g/mol. The maximum absolute atomic E-state index is 13.1. The molecule has 0 radical (unpaired) electrons. The highest BCUT2D eigenvalue weighted by Crippen LogP contribution is 2.24. The van der Waals surface area contributed by atoms with Crippen LogP contribution >= 0.6 is 0 Å². The summed E-state index contributed by atoms with van der Waals surface area (Å²) in [7, 11) is -3.73. The first-order valence-electron chi connectivity index (χ1n) is 10.0. The van der Waals surface area contributed by atoms with E-state index < -0.39 is 10.0 Å². The van der Waals surface area contributed by atoms with E-state index in [1.807, 2.05) is 41.5 Å². The van der Waals surface area contributed by atoms with Crippen molar-refractivity contribution in [2.24, 2.45) is 0 Å². The standard InChI is InChI=1S/C21H30N4O4S/c1-14-10-19(25(23-14)21(4,5)6)22-20(26)17-8-7-9-18(11-17)30(27,28)24-12-15(2)29-16(3)13-24/h7-11,15-16H,12-13H2,1-6H3,(H,22,26). The van der Waals surface area contributed by atoms with Crippen LogP contribution in [0, 0.1) is 6.92 Å². The molecule has 1 aromatic heterocycles. The van der Waals surface area contributed by atoms with Crippen molar-refractivity contribution in [2.75, 3.05) is 18.4 Å². The molecule has 0 bridgehead atoms. The predicted octanol–water partition coefficient (Wildman–Crippen LogP) is 3.00. The van der Waals surface area contributed by atoms with Gasteiger partial charge in [0.2, 0.25) is 10.0 Å². The number of aromatic nitrogens is 2. The number of hydrogen-bond acceptors (Lipinski definition) is 5. The van der Waals surface area contributed by atoms with Gasteiger partial charge in [-0.05, 0) is 59.7 Å². The van der Waals surface area contributed by atoms with E-state index in [4.69, 9.17) is 4.74 Å². The number of carbonyl (C=O) groups excluding carboxylic acids is 1. The molecule has 1 aromatic carbocycles. The van der Waals surface area contributed by atoms with Gasteiger partial charge in [-0.25, -0.2) is 13.1 Å². The highest BCUT2D eigenvalue weighted by Gasteiger charge is 2.32. The fourth-order valence-electron chi connectivity index (χ4n) is 3.56. The molecule has 2 atom stereocenters. The molecule has 30 heavy (non-hydrogen) atoms. The second-order valence-corrected chi connectivity index (χ2v) is 10.8. The summed E-state index contributed by atoms with van der Waals surface area (Å²) in [6, 6.07) is 7.91. The van der Waals surface area contributed by atoms with Gasteiger partial charge in [0.25, 0.3) is 5.91 Å². The lowest BCUT2D eigenvalue weighted by Gasteiger charge is -2.34. The van der Waals surface area contributed by atoms with Crippen LogP contribution in [-0.4, -0.2) is 53.7 Å². The molecule has 0 saturated carbocycles. The van der Waals surface area contributed by atoms with Gasteiger partial charge in [0.05, 0.1) is 28.3 Å². The van der Waals surface area contributed by atoms with Crippen LogP contribution in [0.2, 0.25) is 0 Å². The Bertz CT molecular complexity index is 1030. The molecule has 1 N–H and O–H groups in total. The van der Waals surface area contributed by atoms with Gasteiger partial charge in [-0.2, -0.15) is 9.40 Å². The van der Waals surface area contributed by atoms with E-state index in [0.717, 1.165) is 5.69 Å². The number of amides is 1. The average Bonchev–Trinajstić information content (AvgIpc) is 3.01. The lowest BCUT2D eigenvalue weighted by Crippen LogP contribution is -2.48. The summed E-state index contributed by atoms with van der Waals surface area (Å²) < 4.78 is 35.1. The van der Waals surface area contributed by atoms with Crippen LogP contribution < -0.4 is 5.32 Å². The zero-order chi connectivity index (χ0) is 22.3. The third kappa shape index (κ3) is 4.74. The van der Waals surface area contributed by atoms with Gasteiger partial charge in [-0.3, -0.25) is 4.79 Å². The third-order valence-corrected chi connectivity index (χ3v) is 6.66. The molecule has 2 heterocycles. The summed E-state index contributed by atoms with van der Waals surface area (Å²) in [5.41, 5.74) is 0.739. The van der Waals surface area contributed by atoms with Crippen molar-refractivity contribution in [3.8, 4) is 0 Å². The minimum absolute atomic E-state index is 0.0944. The minimum atomic E-state index is -3.73. The van der Waals surface area contributed by atoms with Crippen LogP contribution in [0.1, 0.15) is 50.7 Å². The molecule has 3 rings (SSSR count). The highest BCUT2D eigenvalue weighted by atomic mass is 32.2. The number of morpholine rings is 1. The van der Waals surface area contributed by atoms with Crippen molar-refractivity contribution in [1.29, 1.82) is 0 Å². The average molecular weight is 435 g/mol. The smallest absolute Gasteiger partial charge is 0.256 e. The summed E-state index contributed by atoms with van der Waals surface area (Å²) >= 11 is 0. The molecule has 0 spiro atoms. The molecule has 1 amide bonds. The van der Waals surface area contributed by atoms with Crippen molar-refractivity contribution in [1.82, 2.24) is 14.1 Å². The van der Waals surface area contributed by atoms with Crippen LogP contribution in [0.25, 0.3) is 0 Å². The fourth-order valence-corrected chi connectivity index (χ4v) is 5.20. The summed E-state index contributed by atoms with van der Waals surface area (Å²) in [6.07, 6.45) is -0.369. The Morgan fingerprint density at radius 2 is 1.80 bits per heavy atom. The normalized spacial score (nSPS) is 20.9. The lowest BCUT2D eigenvalue weighted by atomic mass is 10.1. The lowest BCUT2D eigenvalue weighted by molar-refractivity contribution is -0.0440. The Labute approximate surface area is 178 Å². The first-order valence-corrected chi connectivity index (χ1v) is 11.5. The van der Waals surface area contributed by atoms with Crippen LogP contribution in [0.5, 0.6) is 0 Å². The van der Waals surface area contributed by atoms with Crippen molar-refractivity contribution in [3.05, 3.63) is 41.6 Å². The van der Waals surface area contributed by atoms with Crippen LogP contribution in [-0.2, 0) is 20.3 Å².